The van der Waals surface area contributed by atoms with Gasteiger partial charge in [-0.3, -0.25) is 5.10 Å². The zero-order chi connectivity index (χ0) is 18.0. The summed E-state index contributed by atoms with van der Waals surface area (Å²) in [4.78, 5) is 3.99. The maximum atomic E-state index is 12.9. The Balaban J connectivity index is 1.78. The SMILES string of the molecule is OC(c1cccc(C(F)(F)F)c1)c1nc(Nc2ccc(F)cc2)n[nH]1. The fourth-order valence-corrected chi connectivity index (χ4v) is 2.16. The number of nitrogens with one attached hydrogen (secondary N) is 2. The molecule has 1 heterocycles. The third kappa shape index (κ3) is 3.94. The quantitative estimate of drug-likeness (QED) is 0.625. The van der Waals surface area contributed by atoms with Crippen molar-refractivity contribution in [3.05, 3.63) is 71.3 Å². The highest BCUT2D eigenvalue weighted by atomic mass is 19.4. The molecular weight excluding hydrogens is 340 g/mol. The van der Waals surface area contributed by atoms with Crippen LogP contribution in [0.15, 0.2) is 48.5 Å². The maximum Gasteiger partial charge on any atom is 0.416 e. The molecule has 0 saturated heterocycles. The van der Waals surface area contributed by atoms with Crippen molar-refractivity contribution in [3.63, 3.8) is 0 Å². The third-order valence-electron chi connectivity index (χ3n) is 3.39. The van der Waals surface area contributed by atoms with E-state index in [1.807, 2.05) is 0 Å². The number of aromatic nitrogens is 3. The molecular formula is C16H12F4N4O. The van der Waals surface area contributed by atoms with E-state index in [2.05, 4.69) is 20.5 Å². The van der Waals surface area contributed by atoms with Crippen molar-refractivity contribution in [2.75, 3.05) is 5.32 Å². The van der Waals surface area contributed by atoms with E-state index >= 15 is 0 Å². The first kappa shape index (κ1) is 16.9. The number of nitrogens with zero attached hydrogens (tertiary/aromatic N) is 2. The number of aromatic amines is 1. The minimum atomic E-state index is -4.51. The normalized spacial score (nSPS) is 12.8. The molecule has 0 saturated carbocycles. The fourth-order valence-electron chi connectivity index (χ4n) is 2.16. The Kier molecular flexibility index (Phi) is 4.41. The summed E-state index contributed by atoms with van der Waals surface area (Å²) >= 11 is 0. The fraction of sp³-hybridized carbons (Fsp3) is 0.125. The van der Waals surface area contributed by atoms with Gasteiger partial charge in [-0.15, -0.1) is 5.10 Å². The molecule has 3 rings (SSSR count). The molecule has 5 nitrogen and oxygen atoms in total. The van der Waals surface area contributed by atoms with Gasteiger partial charge in [0.25, 0.3) is 0 Å². The minimum absolute atomic E-state index is 0.0241. The van der Waals surface area contributed by atoms with Crippen LogP contribution in [0.5, 0.6) is 0 Å². The van der Waals surface area contributed by atoms with E-state index in [1.165, 1.54) is 36.4 Å². The maximum absolute atomic E-state index is 12.9. The third-order valence-corrected chi connectivity index (χ3v) is 3.39. The number of hydrogen-bond donors (Lipinski definition) is 3. The van der Waals surface area contributed by atoms with Crippen LogP contribution >= 0.6 is 0 Å². The number of aliphatic hydroxyl groups excluding tert-OH is 1. The molecule has 25 heavy (non-hydrogen) atoms. The number of alkyl halides is 3. The van der Waals surface area contributed by atoms with E-state index < -0.39 is 23.7 Å². The van der Waals surface area contributed by atoms with Gasteiger partial charge < -0.3 is 10.4 Å². The lowest BCUT2D eigenvalue weighted by atomic mass is 10.1. The van der Waals surface area contributed by atoms with Crippen molar-refractivity contribution >= 4 is 11.6 Å². The molecule has 130 valence electrons. The number of aliphatic hydroxyl groups is 1. The molecule has 1 aromatic heterocycles. The predicted octanol–water partition coefficient (Wildman–Crippen LogP) is 3.79. The lowest BCUT2D eigenvalue weighted by Gasteiger charge is -2.11. The highest BCUT2D eigenvalue weighted by molar-refractivity contribution is 5.52. The van der Waals surface area contributed by atoms with Crippen LogP contribution < -0.4 is 5.32 Å². The van der Waals surface area contributed by atoms with Gasteiger partial charge in [-0.2, -0.15) is 18.2 Å². The van der Waals surface area contributed by atoms with Crippen LogP contribution in [0.25, 0.3) is 0 Å². The molecule has 0 radical (unpaired) electrons. The average molecular weight is 352 g/mol. The van der Waals surface area contributed by atoms with E-state index in [4.69, 9.17) is 0 Å². The molecule has 0 bridgehead atoms. The Hall–Kier alpha value is -2.94. The largest absolute Gasteiger partial charge is 0.416 e. The van der Waals surface area contributed by atoms with Gasteiger partial charge in [0.2, 0.25) is 5.95 Å². The van der Waals surface area contributed by atoms with Crippen LogP contribution in [0.2, 0.25) is 0 Å². The zero-order valence-corrected chi connectivity index (χ0v) is 12.5. The highest BCUT2D eigenvalue weighted by Gasteiger charge is 2.31. The Morgan fingerprint density at radius 3 is 2.48 bits per heavy atom. The summed E-state index contributed by atoms with van der Waals surface area (Å²) in [6, 6.07) is 9.74. The van der Waals surface area contributed by atoms with Gasteiger partial charge >= 0.3 is 6.18 Å². The smallest absolute Gasteiger partial charge is 0.380 e. The van der Waals surface area contributed by atoms with Crippen molar-refractivity contribution in [1.82, 2.24) is 15.2 Å². The average Bonchev–Trinajstić information content (AvgIpc) is 3.04. The summed E-state index contributed by atoms with van der Waals surface area (Å²) < 4.78 is 51.1. The Bertz CT molecular complexity index is 861. The number of hydrogen-bond acceptors (Lipinski definition) is 4. The molecule has 0 aliphatic heterocycles. The van der Waals surface area contributed by atoms with Crippen molar-refractivity contribution in [3.8, 4) is 0 Å². The van der Waals surface area contributed by atoms with Crippen molar-refractivity contribution in [2.45, 2.75) is 12.3 Å². The van der Waals surface area contributed by atoms with E-state index in [1.54, 1.807) is 0 Å². The molecule has 1 unspecified atom stereocenters. The summed E-state index contributed by atoms with van der Waals surface area (Å²) in [5.41, 5.74) is -0.326. The van der Waals surface area contributed by atoms with Gasteiger partial charge in [-0.25, -0.2) is 4.39 Å². The summed E-state index contributed by atoms with van der Waals surface area (Å²) in [5, 5.41) is 19.3. The first-order chi connectivity index (χ1) is 11.8. The molecule has 9 heteroatoms. The van der Waals surface area contributed by atoms with Crippen molar-refractivity contribution < 1.29 is 22.7 Å². The molecule has 1 atom stereocenters. The molecule has 0 aliphatic rings. The van der Waals surface area contributed by atoms with Gasteiger partial charge in [-0.1, -0.05) is 12.1 Å². The van der Waals surface area contributed by atoms with E-state index in [0.717, 1.165) is 12.1 Å². The van der Waals surface area contributed by atoms with E-state index in [9.17, 15) is 22.7 Å². The lowest BCUT2D eigenvalue weighted by Crippen LogP contribution is -2.08. The van der Waals surface area contributed by atoms with Gasteiger partial charge in [0.15, 0.2) is 5.82 Å². The molecule has 3 N–H and O–H groups in total. The van der Waals surface area contributed by atoms with Crippen LogP contribution in [0.1, 0.15) is 23.1 Å². The first-order valence-electron chi connectivity index (χ1n) is 7.13. The Labute approximate surface area is 139 Å². The Morgan fingerprint density at radius 2 is 1.80 bits per heavy atom. The second-order valence-corrected chi connectivity index (χ2v) is 5.20. The number of halogens is 4. The predicted molar refractivity (Wildman–Crippen MR) is 81.6 cm³/mol. The highest BCUT2D eigenvalue weighted by Crippen LogP contribution is 2.31. The van der Waals surface area contributed by atoms with Gasteiger partial charge in [-0.05, 0) is 42.0 Å². The second kappa shape index (κ2) is 6.52. The van der Waals surface area contributed by atoms with Crippen LogP contribution in [-0.4, -0.2) is 20.3 Å². The summed E-state index contributed by atoms with van der Waals surface area (Å²) in [7, 11) is 0. The molecule has 0 fully saturated rings. The summed E-state index contributed by atoms with van der Waals surface area (Å²) in [6.45, 7) is 0. The van der Waals surface area contributed by atoms with Crippen LogP contribution in [0.4, 0.5) is 29.2 Å². The number of benzene rings is 2. The summed E-state index contributed by atoms with van der Waals surface area (Å²) in [5.74, 6) is -0.335. The van der Waals surface area contributed by atoms with Crippen LogP contribution in [-0.2, 0) is 6.18 Å². The molecule has 0 amide bonds. The number of rotatable bonds is 4. The molecule has 0 spiro atoms. The molecule has 0 aliphatic carbocycles. The van der Waals surface area contributed by atoms with Crippen LogP contribution in [0.3, 0.4) is 0 Å². The van der Waals surface area contributed by atoms with Gasteiger partial charge in [0.05, 0.1) is 5.56 Å². The van der Waals surface area contributed by atoms with Gasteiger partial charge in [0.1, 0.15) is 11.9 Å². The molecule has 3 aromatic rings. The Morgan fingerprint density at radius 1 is 1.08 bits per heavy atom. The second-order valence-electron chi connectivity index (χ2n) is 5.20. The van der Waals surface area contributed by atoms with E-state index in [0.29, 0.717) is 5.69 Å². The number of H-pyrrole nitrogens is 1. The summed E-state index contributed by atoms with van der Waals surface area (Å²) in [6.07, 6.45) is -5.91. The van der Waals surface area contributed by atoms with Crippen LogP contribution in [0, 0.1) is 5.82 Å². The topological polar surface area (TPSA) is 73.8 Å². The minimum Gasteiger partial charge on any atom is -0.380 e. The monoisotopic (exact) mass is 352 g/mol. The first-order valence-corrected chi connectivity index (χ1v) is 7.13. The van der Waals surface area contributed by atoms with Crippen molar-refractivity contribution in [2.24, 2.45) is 0 Å². The number of anilines is 2. The standard InChI is InChI=1S/C16H12F4N4O/c17-11-4-6-12(7-5-11)21-15-22-14(23-24-15)13(25)9-2-1-3-10(8-9)16(18,19)20/h1-8,13,25H,(H2,21,22,23,24). The van der Waals surface area contributed by atoms with Gasteiger partial charge in [0, 0.05) is 5.69 Å². The molecule has 2 aromatic carbocycles. The lowest BCUT2D eigenvalue weighted by molar-refractivity contribution is -0.137. The van der Waals surface area contributed by atoms with Crippen molar-refractivity contribution in [1.29, 1.82) is 0 Å². The zero-order valence-electron chi connectivity index (χ0n) is 12.5. The van der Waals surface area contributed by atoms with E-state index in [-0.39, 0.29) is 17.3 Å².